The number of ether oxygens (including phenoxy) is 1. The van der Waals surface area contributed by atoms with Crippen molar-refractivity contribution in [3.05, 3.63) is 107 Å². The molecule has 0 saturated carbocycles. The van der Waals surface area contributed by atoms with Crippen LogP contribution >= 0.6 is 0 Å². The van der Waals surface area contributed by atoms with Crippen LogP contribution in [0.5, 0.6) is 0 Å². The van der Waals surface area contributed by atoms with Crippen LogP contribution in [0.25, 0.3) is 0 Å². The Morgan fingerprint density at radius 2 is 1.27 bits per heavy atom. The van der Waals surface area contributed by atoms with Crippen molar-refractivity contribution in [2.24, 2.45) is 0 Å². The van der Waals surface area contributed by atoms with Crippen LogP contribution in [0.1, 0.15) is 28.3 Å². The molecule has 3 aromatic carbocycles. The molecule has 6 heteroatoms. The van der Waals surface area contributed by atoms with Crippen LogP contribution in [-0.4, -0.2) is 79.6 Å². The highest BCUT2D eigenvalue weighted by atomic mass is 16.5. The summed E-state index contributed by atoms with van der Waals surface area (Å²) < 4.78 is 5.48. The van der Waals surface area contributed by atoms with Crippen LogP contribution in [0.15, 0.2) is 84.9 Å². The number of hydrogen-bond acceptors (Lipinski definition) is 5. The molecule has 2 heterocycles. The van der Waals surface area contributed by atoms with Gasteiger partial charge in [-0.25, -0.2) is 0 Å². The molecule has 37 heavy (non-hydrogen) atoms. The third kappa shape index (κ3) is 7.05. The summed E-state index contributed by atoms with van der Waals surface area (Å²) in [7, 11) is 0. The maximum Gasteiger partial charge on any atom is 0.234 e. The Kier molecular flexibility index (Phi) is 8.98. The number of rotatable bonds is 9. The van der Waals surface area contributed by atoms with Crippen LogP contribution in [-0.2, 0) is 22.6 Å². The first-order valence-corrected chi connectivity index (χ1v) is 13.5. The average Bonchev–Trinajstić information content (AvgIpc) is 2.95. The predicted octanol–water partition coefficient (Wildman–Crippen LogP) is 3.54. The minimum atomic E-state index is 0.0947. The van der Waals surface area contributed by atoms with Crippen LogP contribution in [0.3, 0.4) is 0 Å². The van der Waals surface area contributed by atoms with Crippen LogP contribution in [0, 0.1) is 0 Å². The highest BCUT2D eigenvalue weighted by Gasteiger charge is 2.27. The predicted molar refractivity (Wildman–Crippen MR) is 147 cm³/mol. The Labute approximate surface area is 220 Å². The first kappa shape index (κ1) is 25.6. The van der Waals surface area contributed by atoms with Gasteiger partial charge in [0.1, 0.15) is 0 Å². The molecule has 3 aromatic rings. The van der Waals surface area contributed by atoms with Gasteiger partial charge >= 0.3 is 0 Å². The normalized spacial score (nSPS) is 17.6. The van der Waals surface area contributed by atoms with Gasteiger partial charge in [-0.1, -0.05) is 84.9 Å². The standard InChI is InChI=1S/C31H38N4O2/c36-30(32-23-28-13-7-8-14-29(28)24-34-19-21-37-22-20-34)25-33-15-17-35(18-16-33)31(26-9-3-1-4-10-26)27-11-5-2-6-12-27/h1-14,31H,15-25H2,(H,32,36). The zero-order chi connectivity index (χ0) is 25.3. The fourth-order valence-corrected chi connectivity index (χ4v) is 5.40. The number of morpholine rings is 1. The minimum Gasteiger partial charge on any atom is -0.379 e. The molecule has 2 aliphatic rings. The molecular weight excluding hydrogens is 460 g/mol. The van der Waals surface area contributed by atoms with E-state index in [1.165, 1.54) is 22.3 Å². The van der Waals surface area contributed by atoms with Crippen LogP contribution < -0.4 is 5.32 Å². The summed E-state index contributed by atoms with van der Waals surface area (Å²) in [6.45, 7) is 9.07. The Bertz CT molecular complexity index is 1070. The lowest BCUT2D eigenvalue weighted by atomic mass is 9.96. The summed E-state index contributed by atoms with van der Waals surface area (Å²) in [4.78, 5) is 20.1. The van der Waals surface area contributed by atoms with Gasteiger partial charge in [-0.3, -0.25) is 19.5 Å². The molecule has 1 amide bonds. The van der Waals surface area contributed by atoms with E-state index in [1.807, 2.05) is 0 Å². The fraction of sp³-hybridized carbons (Fsp3) is 0.387. The van der Waals surface area contributed by atoms with Crippen molar-refractivity contribution >= 4 is 5.91 Å². The van der Waals surface area contributed by atoms with Crippen molar-refractivity contribution in [2.75, 3.05) is 59.0 Å². The second kappa shape index (κ2) is 13.0. The lowest BCUT2D eigenvalue weighted by molar-refractivity contribution is -0.122. The molecule has 0 spiro atoms. The van der Waals surface area contributed by atoms with E-state index in [0.29, 0.717) is 13.1 Å². The number of carbonyl (C=O) groups is 1. The Morgan fingerprint density at radius 1 is 0.703 bits per heavy atom. The smallest absolute Gasteiger partial charge is 0.234 e. The average molecular weight is 499 g/mol. The summed E-state index contributed by atoms with van der Waals surface area (Å²) in [6, 6.07) is 30.2. The van der Waals surface area contributed by atoms with Gasteiger partial charge < -0.3 is 10.1 Å². The van der Waals surface area contributed by atoms with E-state index in [-0.39, 0.29) is 11.9 Å². The first-order valence-electron chi connectivity index (χ1n) is 13.5. The number of nitrogens with one attached hydrogen (secondary N) is 1. The maximum atomic E-state index is 12.9. The van der Waals surface area contributed by atoms with Crippen molar-refractivity contribution in [1.82, 2.24) is 20.0 Å². The Balaban J connectivity index is 1.13. The van der Waals surface area contributed by atoms with Gasteiger partial charge in [-0.05, 0) is 22.3 Å². The molecule has 2 fully saturated rings. The summed E-state index contributed by atoms with van der Waals surface area (Å²) in [5, 5.41) is 3.17. The number of amides is 1. The molecule has 0 aromatic heterocycles. The number of piperazine rings is 1. The Hall–Kier alpha value is -3.03. The largest absolute Gasteiger partial charge is 0.379 e. The van der Waals surface area contributed by atoms with Crippen molar-refractivity contribution in [3.8, 4) is 0 Å². The minimum absolute atomic E-state index is 0.0947. The second-order valence-corrected chi connectivity index (χ2v) is 9.97. The number of hydrogen-bond donors (Lipinski definition) is 1. The van der Waals surface area contributed by atoms with Crippen molar-refractivity contribution < 1.29 is 9.53 Å². The number of carbonyl (C=O) groups excluding carboxylic acids is 1. The zero-order valence-corrected chi connectivity index (χ0v) is 21.6. The van der Waals surface area contributed by atoms with Crippen LogP contribution in [0.2, 0.25) is 0 Å². The van der Waals surface area contributed by atoms with Gasteiger partial charge in [-0.2, -0.15) is 0 Å². The maximum absolute atomic E-state index is 12.9. The molecule has 2 aliphatic heterocycles. The van der Waals surface area contributed by atoms with E-state index in [1.54, 1.807) is 0 Å². The van der Waals surface area contributed by atoms with Gasteiger partial charge in [0.15, 0.2) is 0 Å². The van der Waals surface area contributed by atoms with Gasteiger partial charge in [0.2, 0.25) is 5.91 Å². The van der Waals surface area contributed by atoms with E-state index >= 15 is 0 Å². The summed E-state index contributed by atoms with van der Waals surface area (Å²) in [5.41, 5.74) is 5.11. The molecule has 0 bridgehead atoms. The molecule has 0 atom stereocenters. The molecule has 1 N–H and O–H groups in total. The SMILES string of the molecule is O=C(CN1CCN(C(c2ccccc2)c2ccccc2)CC1)NCc1ccccc1CN1CCOCC1. The molecular formula is C31H38N4O2. The third-order valence-corrected chi connectivity index (χ3v) is 7.46. The molecule has 6 nitrogen and oxygen atoms in total. The summed E-state index contributed by atoms with van der Waals surface area (Å²) >= 11 is 0. The van der Waals surface area contributed by atoms with Gasteiger partial charge in [0.05, 0.1) is 25.8 Å². The lowest BCUT2D eigenvalue weighted by Crippen LogP contribution is -2.50. The van der Waals surface area contributed by atoms with Gasteiger partial charge in [0.25, 0.3) is 0 Å². The number of nitrogens with zero attached hydrogens (tertiary/aromatic N) is 3. The van der Waals surface area contributed by atoms with E-state index in [4.69, 9.17) is 4.74 Å². The highest BCUT2D eigenvalue weighted by Crippen LogP contribution is 2.29. The molecule has 0 unspecified atom stereocenters. The molecule has 0 aliphatic carbocycles. The number of benzene rings is 3. The van der Waals surface area contributed by atoms with Gasteiger partial charge in [0, 0.05) is 52.4 Å². The van der Waals surface area contributed by atoms with E-state index in [0.717, 1.165) is 59.0 Å². The molecule has 5 rings (SSSR count). The Morgan fingerprint density at radius 3 is 1.89 bits per heavy atom. The van der Waals surface area contributed by atoms with Gasteiger partial charge in [-0.15, -0.1) is 0 Å². The molecule has 2 saturated heterocycles. The summed E-state index contributed by atoms with van der Waals surface area (Å²) in [6.07, 6.45) is 0. The van der Waals surface area contributed by atoms with Crippen molar-refractivity contribution in [2.45, 2.75) is 19.1 Å². The monoisotopic (exact) mass is 498 g/mol. The van der Waals surface area contributed by atoms with Crippen LogP contribution in [0.4, 0.5) is 0 Å². The van der Waals surface area contributed by atoms with E-state index in [9.17, 15) is 4.79 Å². The lowest BCUT2D eigenvalue weighted by Gasteiger charge is -2.39. The molecule has 0 radical (unpaired) electrons. The van der Waals surface area contributed by atoms with Crippen molar-refractivity contribution in [1.29, 1.82) is 0 Å². The zero-order valence-electron chi connectivity index (χ0n) is 21.6. The quantitative estimate of drug-likeness (QED) is 0.489. The fourth-order valence-electron chi connectivity index (χ4n) is 5.40. The highest BCUT2D eigenvalue weighted by molar-refractivity contribution is 5.78. The first-order chi connectivity index (χ1) is 18.3. The van der Waals surface area contributed by atoms with E-state index < -0.39 is 0 Å². The molecule has 194 valence electrons. The third-order valence-electron chi connectivity index (χ3n) is 7.46. The van der Waals surface area contributed by atoms with E-state index in [2.05, 4.69) is 105 Å². The summed E-state index contributed by atoms with van der Waals surface area (Å²) in [5.74, 6) is 0.0947. The second-order valence-electron chi connectivity index (χ2n) is 9.97. The van der Waals surface area contributed by atoms with Crippen molar-refractivity contribution in [3.63, 3.8) is 0 Å². The topological polar surface area (TPSA) is 48.1 Å².